The van der Waals surface area contributed by atoms with Crippen molar-refractivity contribution in [3.63, 3.8) is 0 Å². The van der Waals surface area contributed by atoms with Gasteiger partial charge < -0.3 is 31.3 Å². The van der Waals surface area contributed by atoms with Gasteiger partial charge in [0.1, 0.15) is 12.1 Å². The number of urea groups is 1. The molecule has 1 heterocycles. The van der Waals surface area contributed by atoms with Gasteiger partial charge in [0, 0.05) is 12.6 Å². The fourth-order valence-electron chi connectivity index (χ4n) is 7.43. The van der Waals surface area contributed by atoms with Crippen molar-refractivity contribution >= 4 is 39.4 Å². The zero-order chi connectivity index (χ0) is 38.6. The summed E-state index contributed by atoms with van der Waals surface area (Å²) in [7, 11) is -3.81. The summed E-state index contributed by atoms with van der Waals surface area (Å²) in [4.78, 5) is 67.3. The van der Waals surface area contributed by atoms with Crippen LogP contribution in [0.1, 0.15) is 127 Å². The monoisotopic (exact) mass is 739 g/mol. The standard InChI is InChI=1S/C32H53N5O8S.C5H12/c1-29(2,3)24(35-28(43)36-32(13-9-8-10-14-32)18-46(44,45)30(4,5)17-38)27(42)37-16-20-22(31(20,6)7)23(37)26(41)33-15-21(39)25(40)34-19-11-12-19;1-3-5-4-2/h19-20,22-24,38H,8-18H2,1-7H3,(H,33,41)(H,34,40)(H2,35,36,43);3-5H2,1-2H3/t20-,22-,23-,24+;/m0./s1. The average Bonchev–Trinajstić information content (AvgIpc) is 3.89. The van der Waals surface area contributed by atoms with Gasteiger partial charge in [0.05, 0.1) is 29.2 Å². The number of hydrogen-bond donors (Lipinski definition) is 5. The van der Waals surface area contributed by atoms with E-state index in [4.69, 9.17) is 0 Å². The first-order valence-corrected chi connectivity index (χ1v) is 20.6. The van der Waals surface area contributed by atoms with Crippen LogP contribution >= 0.6 is 0 Å². The fraction of sp³-hybridized carbons (Fsp3) is 0.865. The molecule has 4 rings (SSSR count). The molecule has 1 aliphatic heterocycles. The van der Waals surface area contributed by atoms with E-state index in [9.17, 15) is 37.5 Å². The summed E-state index contributed by atoms with van der Waals surface area (Å²) in [6.07, 6.45) is 8.98. The third kappa shape index (κ3) is 10.4. The SMILES string of the molecule is CC(C)(C)[C@H](NC(=O)NC1(CS(=O)(=O)C(C)(C)CO)CCCCC1)C(=O)N1C[C@H]2[C@@H]([C@H]1C(=O)NCC(=O)C(=O)NC1CC1)C2(C)C.CCCCC. The Morgan fingerprint density at radius 1 is 0.941 bits per heavy atom. The molecule has 13 nitrogen and oxygen atoms in total. The smallest absolute Gasteiger partial charge is 0.315 e. The van der Waals surface area contributed by atoms with Gasteiger partial charge in [-0.3, -0.25) is 19.2 Å². The number of carbonyl (C=O) groups is 5. The zero-order valence-electron chi connectivity index (χ0n) is 32.4. The number of nitrogens with zero attached hydrogens (tertiary/aromatic N) is 1. The number of aliphatic hydroxyl groups excluding tert-OH is 1. The van der Waals surface area contributed by atoms with Crippen molar-refractivity contribution in [1.82, 2.24) is 26.2 Å². The molecule has 3 aliphatic carbocycles. The highest BCUT2D eigenvalue weighted by Gasteiger charge is 2.69. The number of carbonyl (C=O) groups excluding carboxylic acids is 5. The molecule has 4 aliphatic rings. The van der Waals surface area contributed by atoms with Crippen molar-refractivity contribution in [1.29, 1.82) is 0 Å². The minimum atomic E-state index is -3.81. The predicted molar refractivity (Wildman–Crippen MR) is 196 cm³/mol. The van der Waals surface area contributed by atoms with Crippen LogP contribution in [0.2, 0.25) is 0 Å². The van der Waals surface area contributed by atoms with E-state index in [2.05, 4.69) is 35.1 Å². The van der Waals surface area contributed by atoms with Crippen LogP contribution in [0.3, 0.4) is 0 Å². The summed E-state index contributed by atoms with van der Waals surface area (Å²) >= 11 is 0. The minimum Gasteiger partial charge on any atom is -0.395 e. The molecular weight excluding hydrogens is 675 g/mol. The Labute approximate surface area is 305 Å². The molecular formula is C37H65N5O8S. The maximum Gasteiger partial charge on any atom is 0.315 e. The minimum absolute atomic E-state index is 0.00642. The van der Waals surface area contributed by atoms with E-state index >= 15 is 0 Å². The molecule has 0 radical (unpaired) electrons. The largest absolute Gasteiger partial charge is 0.395 e. The molecule has 0 bridgehead atoms. The van der Waals surface area contributed by atoms with Crippen molar-refractivity contribution in [2.75, 3.05) is 25.4 Å². The van der Waals surface area contributed by atoms with Gasteiger partial charge in [0.15, 0.2) is 9.84 Å². The second-order valence-electron chi connectivity index (χ2n) is 17.5. The van der Waals surface area contributed by atoms with E-state index in [1.807, 2.05) is 13.8 Å². The molecule has 4 atom stereocenters. The van der Waals surface area contributed by atoms with E-state index in [1.165, 1.54) is 38.0 Å². The number of fused-ring (bicyclic) bond motifs is 1. The van der Waals surface area contributed by atoms with Gasteiger partial charge in [-0.05, 0) is 62.2 Å². The number of aliphatic hydroxyl groups is 1. The summed E-state index contributed by atoms with van der Waals surface area (Å²) < 4.78 is 25.2. The molecule has 0 unspecified atom stereocenters. The Kier molecular flexibility index (Phi) is 13.8. The Morgan fingerprint density at radius 3 is 2.02 bits per heavy atom. The number of amides is 5. The lowest BCUT2D eigenvalue weighted by atomic mass is 9.83. The molecule has 0 spiro atoms. The normalized spacial score (nSPS) is 24.2. The van der Waals surface area contributed by atoms with Crippen LogP contribution in [0.5, 0.6) is 0 Å². The van der Waals surface area contributed by atoms with Crippen molar-refractivity contribution in [2.24, 2.45) is 22.7 Å². The van der Waals surface area contributed by atoms with Gasteiger partial charge in [-0.1, -0.05) is 87.0 Å². The molecule has 292 valence electrons. The van der Waals surface area contributed by atoms with Crippen LogP contribution in [-0.2, 0) is 29.0 Å². The number of ketones is 1. The van der Waals surface area contributed by atoms with E-state index in [1.54, 1.807) is 20.8 Å². The second-order valence-corrected chi connectivity index (χ2v) is 20.2. The first-order valence-electron chi connectivity index (χ1n) is 18.9. The highest BCUT2D eigenvalue weighted by molar-refractivity contribution is 7.92. The molecule has 14 heteroatoms. The number of sulfone groups is 1. The van der Waals surface area contributed by atoms with Crippen LogP contribution < -0.4 is 21.3 Å². The summed E-state index contributed by atoms with van der Waals surface area (Å²) in [5, 5.41) is 20.7. The highest BCUT2D eigenvalue weighted by Crippen LogP contribution is 2.65. The number of rotatable bonds is 14. The number of likely N-dealkylation sites (tertiary alicyclic amines) is 1. The zero-order valence-corrected chi connectivity index (χ0v) is 33.3. The summed E-state index contributed by atoms with van der Waals surface area (Å²) in [5.74, 6) is -2.88. The Morgan fingerprint density at radius 2 is 1.53 bits per heavy atom. The molecule has 5 amide bonds. The third-order valence-corrected chi connectivity index (χ3v) is 14.1. The maximum absolute atomic E-state index is 14.2. The molecule has 0 aromatic carbocycles. The summed E-state index contributed by atoms with van der Waals surface area (Å²) in [6.45, 7) is 16.1. The van der Waals surface area contributed by atoms with E-state index < -0.39 is 80.3 Å². The Bertz CT molecular complexity index is 1390. The predicted octanol–water partition coefficient (Wildman–Crippen LogP) is 3.23. The van der Waals surface area contributed by atoms with Gasteiger partial charge in [-0.25, -0.2) is 13.2 Å². The first-order chi connectivity index (χ1) is 23.6. The lowest BCUT2D eigenvalue weighted by Gasteiger charge is -2.41. The van der Waals surface area contributed by atoms with Gasteiger partial charge in [-0.15, -0.1) is 0 Å². The maximum atomic E-state index is 14.2. The molecule has 1 saturated heterocycles. The third-order valence-electron chi connectivity index (χ3n) is 11.3. The van der Waals surface area contributed by atoms with Crippen LogP contribution in [0.25, 0.3) is 0 Å². The van der Waals surface area contributed by atoms with Crippen LogP contribution in [0, 0.1) is 22.7 Å². The molecule has 4 fully saturated rings. The molecule has 0 aromatic rings. The molecule has 0 aromatic heterocycles. The number of hydrogen-bond acceptors (Lipinski definition) is 8. The highest BCUT2D eigenvalue weighted by atomic mass is 32.2. The lowest BCUT2D eigenvalue weighted by molar-refractivity contribution is -0.144. The first kappa shape index (κ1) is 42.7. The van der Waals surface area contributed by atoms with Gasteiger partial charge in [0.2, 0.25) is 17.6 Å². The van der Waals surface area contributed by atoms with E-state index in [-0.39, 0.29) is 29.0 Å². The Balaban J connectivity index is 0.00000131. The quantitative estimate of drug-likeness (QED) is 0.168. The summed E-state index contributed by atoms with van der Waals surface area (Å²) in [5.41, 5.74) is -2.03. The number of unbranched alkanes of at least 4 members (excludes halogenated alkanes) is 2. The summed E-state index contributed by atoms with van der Waals surface area (Å²) in [6, 6.07) is -2.60. The van der Waals surface area contributed by atoms with Gasteiger partial charge >= 0.3 is 6.03 Å². The second kappa shape index (κ2) is 16.5. The van der Waals surface area contributed by atoms with Gasteiger partial charge in [0.25, 0.3) is 5.91 Å². The van der Waals surface area contributed by atoms with Crippen molar-refractivity contribution < 1.29 is 37.5 Å². The number of piperidine rings is 1. The fourth-order valence-corrected chi connectivity index (χ4v) is 9.10. The van der Waals surface area contributed by atoms with Crippen LogP contribution in [0.15, 0.2) is 0 Å². The van der Waals surface area contributed by atoms with Crippen LogP contribution in [-0.4, -0.2) is 102 Å². The lowest BCUT2D eigenvalue weighted by Crippen LogP contribution is -2.64. The molecule has 3 saturated carbocycles. The number of Topliss-reactive ketones (excluding diaryl/α,β-unsaturated/α-hetero) is 1. The van der Waals surface area contributed by atoms with Crippen molar-refractivity contribution in [3.8, 4) is 0 Å². The van der Waals surface area contributed by atoms with Crippen LogP contribution in [0.4, 0.5) is 4.79 Å². The Hall–Kier alpha value is -2.74. The van der Waals surface area contributed by atoms with E-state index in [0.29, 0.717) is 19.4 Å². The molecule has 5 N–H and O–H groups in total. The topological polar surface area (TPSA) is 191 Å². The van der Waals surface area contributed by atoms with Crippen molar-refractivity contribution in [2.45, 2.75) is 155 Å². The van der Waals surface area contributed by atoms with Gasteiger partial charge in [-0.2, -0.15) is 0 Å². The van der Waals surface area contributed by atoms with E-state index in [0.717, 1.165) is 32.1 Å². The average molecular weight is 740 g/mol. The molecule has 51 heavy (non-hydrogen) atoms. The number of nitrogens with one attached hydrogen (secondary N) is 4. The van der Waals surface area contributed by atoms with Crippen molar-refractivity contribution in [3.05, 3.63) is 0 Å².